The molecule has 3 nitrogen and oxygen atoms in total. The number of ether oxygens (including phenoxy) is 1. The number of hydrogen-bond acceptors (Lipinski definition) is 3. The standard InChI is InChI=1S/C18H19NO2/c1-12-6-8-17-15(18(20)10-12)7-9-16(19-17)13-4-3-5-14(11-13)21-2/h3-5,7,9,11-12H,6,8,10H2,1-2H3. The van der Waals surface area contributed by atoms with Gasteiger partial charge in [-0.25, -0.2) is 0 Å². The summed E-state index contributed by atoms with van der Waals surface area (Å²) in [7, 11) is 1.66. The van der Waals surface area contributed by atoms with Gasteiger partial charge in [0.05, 0.1) is 18.5 Å². The van der Waals surface area contributed by atoms with E-state index in [1.54, 1.807) is 7.11 Å². The first-order valence-electron chi connectivity index (χ1n) is 7.35. The van der Waals surface area contributed by atoms with E-state index in [-0.39, 0.29) is 5.78 Å². The van der Waals surface area contributed by atoms with Gasteiger partial charge in [-0.3, -0.25) is 9.78 Å². The van der Waals surface area contributed by atoms with Crippen LogP contribution in [0.3, 0.4) is 0 Å². The van der Waals surface area contributed by atoms with Crippen LogP contribution in [-0.4, -0.2) is 17.9 Å². The van der Waals surface area contributed by atoms with E-state index in [1.807, 2.05) is 36.4 Å². The number of rotatable bonds is 2. The van der Waals surface area contributed by atoms with Gasteiger partial charge in [-0.05, 0) is 43.0 Å². The molecule has 0 saturated carbocycles. The Bertz CT molecular complexity index is 679. The molecule has 1 unspecified atom stereocenters. The average molecular weight is 281 g/mol. The number of fused-ring (bicyclic) bond motifs is 1. The van der Waals surface area contributed by atoms with Crippen molar-refractivity contribution in [2.45, 2.75) is 26.2 Å². The number of hydrogen-bond donors (Lipinski definition) is 0. The van der Waals surface area contributed by atoms with E-state index in [0.29, 0.717) is 12.3 Å². The summed E-state index contributed by atoms with van der Waals surface area (Å²) in [4.78, 5) is 16.9. The molecule has 0 aliphatic heterocycles. The lowest BCUT2D eigenvalue weighted by atomic mass is 10.0. The number of ketones is 1. The molecule has 0 N–H and O–H groups in total. The highest BCUT2D eigenvalue weighted by molar-refractivity contribution is 5.97. The van der Waals surface area contributed by atoms with Gasteiger partial charge < -0.3 is 4.74 Å². The van der Waals surface area contributed by atoms with E-state index >= 15 is 0 Å². The molecule has 2 aromatic rings. The summed E-state index contributed by atoms with van der Waals surface area (Å²) in [6.45, 7) is 2.13. The quantitative estimate of drug-likeness (QED) is 0.783. The lowest BCUT2D eigenvalue weighted by molar-refractivity contribution is 0.0967. The molecule has 1 aromatic heterocycles. The number of carbonyl (C=O) groups is 1. The molecule has 3 rings (SSSR count). The number of aryl methyl sites for hydroxylation is 1. The molecule has 21 heavy (non-hydrogen) atoms. The van der Waals surface area contributed by atoms with Crippen LogP contribution in [0.15, 0.2) is 36.4 Å². The van der Waals surface area contributed by atoms with Crippen molar-refractivity contribution in [1.29, 1.82) is 0 Å². The third-order valence-electron chi connectivity index (χ3n) is 4.05. The Morgan fingerprint density at radius 3 is 2.90 bits per heavy atom. The average Bonchev–Trinajstić information content (AvgIpc) is 2.66. The molecule has 0 amide bonds. The van der Waals surface area contributed by atoms with Gasteiger partial charge >= 0.3 is 0 Å². The first kappa shape index (κ1) is 13.8. The molecule has 0 spiro atoms. The second-order valence-electron chi connectivity index (χ2n) is 5.69. The number of nitrogens with zero attached hydrogens (tertiary/aromatic N) is 1. The van der Waals surface area contributed by atoms with E-state index < -0.39 is 0 Å². The zero-order valence-electron chi connectivity index (χ0n) is 12.4. The monoisotopic (exact) mass is 281 g/mol. The molecule has 0 bridgehead atoms. The maximum Gasteiger partial charge on any atom is 0.164 e. The molecule has 1 aromatic carbocycles. The van der Waals surface area contributed by atoms with Crippen molar-refractivity contribution in [1.82, 2.24) is 4.98 Å². The van der Waals surface area contributed by atoms with E-state index in [9.17, 15) is 4.79 Å². The highest BCUT2D eigenvalue weighted by atomic mass is 16.5. The molecular formula is C18H19NO2. The Kier molecular flexibility index (Phi) is 3.74. The van der Waals surface area contributed by atoms with Crippen molar-refractivity contribution in [2.24, 2.45) is 5.92 Å². The molecule has 1 aliphatic rings. The van der Waals surface area contributed by atoms with E-state index in [2.05, 4.69) is 6.92 Å². The van der Waals surface area contributed by atoms with Crippen LogP contribution >= 0.6 is 0 Å². The van der Waals surface area contributed by atoms with Crippen LogP contribution in [0.2, 0.25) is 0 Å². The van der Waals surface area contributed by atoms with Crippen molar-refractivity contribution >= 4 is 5.78 Å². The van der Waals surface area contributed by atoms with Crippen molar-refractivity contribution in [3.8, 4) is 17.0 Å². The summed E-state index contributed by atoms with van der Waals surface area (Å²) in [6.07, 6.45) is 2.53. The minimum absolute atomic E-state index is 0.222. The van der Waals surface area contributed by atoms with Gasteiger partial charge in [0, 0.05) is 17.5 Å². The maximum atomic E-state index is 12.2. The lowest BCUT2D eigenvalue weighted by Gasteiger charge is -2.08. The maximum absolute atomic E-state index is 12.2. The normalized spacial score (nSPS) is 18.0. The third-order valence-corrected chi connectivity index (χ3v) is 4.05. The molecule has 108 valence electrons. The summed E-state index contributed by atoms with van der Waals surface area (Å²) in [5, 5.41) is 0. The number of methoxy groups -OCH3 is 1. The molecule has 0 radical (unpaired) electrons. The zero-order valence-corrected chi connectivity index (χ0v) is 12.4. The van der Waals surface area contributed by atoms with E-state index in [4.69, 9.17) is 9.72 Å². The first-order valence-corrected chi connectivity index (χ1v) is 7.35. The van der Waals surface area contributed by atoms with Crippen LogP contribution in [0, 0.1) is 5.92 Å². The van der Waals surface area contributed by atoms with E-state index in [0.717, 1.165) is 41.1 Å². The Morgan fingerprint density at radius 2 is 2.10 bits per heavy atom. The SMILES string of the molecule is COc1cccc(-c2ccc3c(n2)CCC(C)CC3=O)c1. The van der Waals surface area contributed by atoms with Gasteiger partial charge in [-0.1, -0.05) is 19.1 Å². The second-order valence-corrected chi connectivity index (χ2v) is 5.69. The number of carbonyl (C=O) groups excluding carboxylic acids is 1. The minimum Gasteiger partial charge on any atom is -0.497 e. The van der Waals surface area contributed by atoms with Crippen molar-refractivity contribution in [3.63, 3.8) is 0 Å². The fourth-order valence-electron chi connectivity index (χ4n) is 2.80. The summed E-state index contributed by atoms with van der Waals surface area (Å²) in [5.41, 5.74) is 3.65. The topological polar surface area (TPSA) is 39.2 Å². The number of benzene rings is 1. The second kappa shape index (κ2) is 5.68. The summed E-state index contributed by atoms with van der Waals surface area (Å²) < 4.78 is 5.26. The fraction of sp³-hybridized carbons (Fsp3) is 0.333. The highest BCUT2D eigenvalue weighted by Gasteiger charge is 2.21. The van der Waals surface area contributed by atoms with Crippen molar-refractivity contribution in [3.05, 3.63) is 47.7 Å². The van der Waals surface area contributed by atoms with Gasteiger partial charge in [0.25, 0.3) is 0 Å². The molecule has 1 aliphatic carbocycles. The Labute approximate surface area is 125 Å². The molecule has 0 fully saturated rings. The summed E-state index contributed by atoms with van der Waals surface area (Å²) in [5.74, 6) is 1.47. The lowest BCUT2D eigenvalue weighted by Crippen LogP contribution is -2.04. The summed E-state index contributed by atoms with van der Waals surface area (Å²) in [6, 6.07) is 11.7. The molecule has 1 heterocycles. The smallest absolute Gasteiger partial charge is 0.164 e. The van der Waals surface area contributed by atoms with E-state index in [1.165, 1.54) is 0 Å². The van der Waals surface area contributed by atoms with Crippen molar-refractivity contribution in [2.75, 3.05) is 7.11 Å². The van der Waals surface area contributed by atoms with Gasteiger partial charge in [0.2, 0.25) is 0 Å². The van der Waals surface area contributed by atoms with Gasteiger partial charge in [-0.15, -0.1) is 0 Å². The molecule has 0 saturated heterocycles. The minimum atomic E-state index is 0.222. The Hall–Kier alpha value is -2.16. The predicted molar refractivity (Wildman–Crippen MR) is 82.7 cm³/mol. The fourth-order valence-corrected chi connectivity index (χ4v) is 2.80. The highest BCUT2D eigenvalue weighted by Crippen LogP contribution is 2.27. The van der Waals surface area contributed by atoms with Crippen molar-refractivity contribution < 1.29 is 9.53 Å². The van der Waals surface area contributed by atoms with Gasteiger partial charge in [-0.2, -0.15) is 0 Å². The molecule has 3 heteroatoms. The predicted octanol–water partition coefficient (Wildman–Crippen LogP) is 3.91. The zero-order chi connectivity index (χ0) is 14.8. The Morgan fingerprint density at radius 1 is 1.24 bits per heavy atom. The third kappa shape index (κ3) is 2.82. The molecular weight excluding hydrogens is 262 g/mol. The van der Waals surface area contributed by atoms with Crippen LogP contribution in [0.1, 0.15) is 35.8 Å². The van der Waals surface area contributed by atoms with Crippen LogP contribution in [0.25, 0.3) is 11.3 Å². The summed E-state index contributed by atoms with van der Waals surface area (Å²) >= 11 is 0. The van der Waals surface area contributed by atoms with Crippen LogP contribution in [0.5, 0.6) is 5.75 Å². The first-order chi connectivity index (χ1) is 10.2. The largest absolute Gasteiger partial charge is 0.497 e. The number of aromatic nitrogens is 1. The molecule has 1 atom stereocenters. The number of Topliss-reactive ketones (excluding diaryl/α,β-unsaturated/α-hetero) is 1. The van der Waals surface area contributed by atoms with Crippen LogP contribution in [0.4, 0.5) is 0 Å². The van der Waals surface area contributed by atoms with Crippen LogP contribution in [-0.2, 0) is 6.42 Å². The number of pyridine rings is 1. The Balaban J connectivity index is 2.01. The van der Waals surface area contributed by atoms with Gasteiger partial charge in [0.15, 0.2) is 5.78 Å². The van der Waals surface area contributed by atoms with Crippen LogP contribution < -0.4 is 4.74 Å². The van der Waals surface area contributed by atoms with Gasteiger partial charge in [0.1, 0.15) is 5.75 Å².